The first kappa shape index (κ1) is 71.1. The van der Waals surface area contributed by atoms with Crippen LogP contribution in [0.3, 0.4) is 0 Å². The summed E-state index contributed by atoms with van der Waals surface area (Å²) in [6, 6.07) is 0. The number of unbranched alkanes of at least 4 members (excludes halogenated alkanes) is 38. The van der Waals surface area contributed by atoms with Gasteiger partial charge in [-0.1, -0.05) is 313 Å². The highest BCUT2D eigenvalue weighted by Gasteiger charge is 2.19. The monoisotopic (exact) mass is 1030 g/mol. The molecule has 0 bridgehead atoms. The molecule has 0 N–H and O–H groups in total. The highest BCUT2D eigenvalue weighted by Crippen LogP contribution is 2.18. The van der Waals surface area contributed by atoms with Gasteiger partial charge >= 0.3 is 17.9 Å². The SMILES string of the molecule is CC/C=C\C/C=C\C/C=C\C/C=C\C/C=C\CCCCCCCCCCCCCCCCCC(=O)OCC(COC(=O)CCCCCCCCC)OC(=O)CCCCCCCCCCCCCCCCCCCC. The number of allylic oxidation sites excluding steroid dienone is 10. The summed E-state index contributed by atoms with van der Waals surface area (Å²) in [5, 5.41) is 0. The van der Waals surface area contributed by atoms with E-state index in [1.54, 1.807) is 0 Å². The third kappa shape index (κ3) is 60.0. The fourth-order valence-corrected chi connectivity index (χ4v) is 9.47. The summed E-state index contributed by atoms with van der Waals surface area (Å²) in [6.45, 7) is 6.53. The molecule has 0 heterocycles. The maximum atomic E-state index is 12.8. The number of rotatable bonds is 59. The number of ether oxygens (including phenoxy) is 3. The van der Waals surface area contributed by atoms with Gasteiger partial charge in [-0.3, -0.25) is 14.4 Å². The second kappa shape index (κ2) is 62.6. The Bertz CT molecular complexity index is 1330. The Kier molecular flexibility index (Phi) is 60.2. The summed E-state index contributed by atoms with van der Waals surface area (Å²) in [4.78, 5) is 38.1. The van der Waals surface area contributed by atoms with E-state index in [-0.39, 0.29) is 31.1 Å². The molecule has 0 aliphatic heterocycles. The fraction of sp³-hybridized carbons (Fsp3) is 0.809. The lowest BCUT2D eigenvalue weighted by molar-refractivity contribution is -0.167. The zero-order valence-electron chi connectivity index (χ0n) is 49.4. The predicted molar refractivity (Wildman–Crippen MR) is 321 cm³/mol. The van der Waals surface area contributed by atoms with E-state index in [4.69, 9.17) is 14.2 Å². The van der Waals surface area contributed by atoms with Crippen LogP contribution >= 0.6 is 0 Å². The molecule has 0 aromatic carbocycles. The van der Waals surface area contributed by atoms with Crippen molar-refractivity contribution < 1.29 is 28.6 Å². The van der Waals surface area contributed by atoms with Gasteiger partial charge in [-0.25, -0.2) is 0 Å². The van der Waals surface area contributed by atoms with Crippen molar-refractivity contribution in [2.75, 3.05) is 13.2 Å². The summed E-state index contributed by atoms with van der Waals surface area (Å²) >= 11 is 0. The molecule has 0 fully saturated rings. The summed E-state index contributed by atoms with van der Waals surface area (Å²) in [7, 11) is 0. The molecule has 0 aliphatic carbocycles. The minimum absolute atomic E-state index is 0.0685. The average Bonchev–Trinajstić information content (AvgIpc) is 3.40. The van der Waals surface area contributed by atoms with E-state index in [0.29, 0.717) is 19.3 Å². The van der Waals surface area contributed by atoms with Crippen molar-refractivity contribution in [2.45, 2.75) is 341 Å². The Balaban J connectivity index is 4.04. The van der Waals surface area contributed by atoms with Crippen molar-refractivity contribution in [3.05, 3.63) is 60.8 Å². The van der Waals surface area contributed by atoms with Gasteiger partial charge in [0, 0.05) is 19.3 Å². The first-order valence-corrected chi connectivity index (χ1v) is 32.3. The van der Waals surface area contributed by atoms with Crippen molar-refractivity contribution in [1.29, 1.82) is 0 Å². The van der Waals surface area contributed by atoms with Gasteiger partial charge in [-0.05, 0) is 64.2 Å². The number of carbonyl (C=O) groups excluding carboxylic acids is 3. The molecule has 0 spiro atoms. The van der Waals surface area contributed by atoms with Gasteiger partial charge in [-0.2, -0.15) is 0 Å². The van der Waals surface area contributed by atoms with Crippen LogP contribution in [-0.2, 0) is 28.6 Å². The fourth-order valence-electron chi connectivity index (χ4n) is 9.47. The molecule has 1 unspecified atom stereocenters. The van der Waals surface area contributed by atoms with Gasteiger partial charge in [0.05, 0.1) is 0 Å². The lowest BCUT2D eigenvalue weighted by Crippen LogP contribution is -2.30. The van der Waals surface area contributed by atoms with Gasteiger partial charge < -0.3 is 14.2 Å². The first-order chi connectivity index (χ1) is 36.5. The van der Waals surface area contributed by atoms with E-state index < -0.39 is 6.10 Å². The maximum Gasteiger partial charge on any atom is 0.306 e. The molecule has 0 saturated carbocycles. The number of esters is 3. The van der Waals surface area contributed by atoms with Crippen molar-refractivity contribution in [2.24, 2.45) is 0 Å². The Morgan fingerprint density at radius 2 is 0.527 bits per heavy atom. The molecule has 0 saturated heterocycles. The van der Waals surface area contributed by atoms with Crippen LogP contribution in [0.2, 0.25) is 0 Å². The Morgan fingerprint density at radius 1 is 0.284 bits per heavy atom. The van der Waals surface area contributed by atoms with E-state index in [1.807, 2.05) is 0 Å². The average molecular weight is 1040 g/mol. The van der Waals surface area contributed by atoms with Crippen molar-refractivity contribution in [3.63, 3.8) is 0 Å². The van der Waals surface area contributed by atoms with Gasteiger partial charge in [0.15, 0.2) is 6.10 Å². The largest absolute Gasteiger partial charge is 0.462 e. The van der Waals surface area contributed by atoms with E-state index in [9.17, 15) is 14.4 Å². The predicted octanol–water partition coefficient (Wildman–Crippen LogP) is 21.9. The molecular weight excluding hydrogens is 913 g/mol. The summed E-state index contributed by atoms with van der Waals surface area (Å²) in [5.41, 5.74) is 0. The minimum atomic E-state index is -0.767. The van der Waals surface area contributed by atoms with Gasteiger partial charge in [0.1, 0.15) is 13.2 Å². The van der Waals surface area contributed by atoms with E-state index >= 15 is 0 Å². The molecule has 0 rings (SSSR count). The van der Waals surface area contributed by atoms with Crippen LogP contribution in [0, 0.1) is 0 Å². The van der Waals surface area contributed by atoms with Crippen molar-refractivity contribution in [1.82, 2.24) is 0 Å². The van der Waals surface area contributed by atoms with Crippen molar-refractivity contribution in [3.8, 4) is 0 Å². The van der Waals surface area contributed by atoms with E-state index in [2.05, 4.69) is 81.5 Å². The smallest absolute Gasteiger partial charge is 0.306 e. The highest BCUT2D eigenvalue weighted by molar-refractivity contribution is 5.71. The summed E-state index contributed by atoms with van der Waals surface area (Å²) < 4.78 is 16.8. The van der Waals surface area contributed by atoms with Gasteiger partial charge in [-0.15, -0.1) is 0 Å². The Labute approximate surface area is 460 Å². The molecule has 0 amide bonds. The van der Waals surface area contributed by atoms with Crippen LogP contribution in [0.4, 0.5) is 0 Å². The number of hydrogen-bond donors (Lipinski definition) is 0. The normalized spacial score (nSPS) is 12.4. The van der Waals surface area contributed by atoms with Crippen LogP contribution in [0.15, 0.2) is 60.8 Å². The molecule has 0 aromatic rings. The van der Waals surface area contributed by atoms with E-state index in [1.165, 1.54) is 205 Å². The molecule has 430 valence electrons. The van der Waals surface area contributed by atoms with Crippen LogP contribution in [0.5, 0.6) is 0 Å². The lowest BCUT2D eigenvalue weighted by atomic mass is 10.0. The zero-order chi connectivity index (χ0) is 53.6. The Morgan fingerprint density at radius 3 is 0.824 bits per heavy atom. The molecule has 0 radical (unpaired) electrons. The topological polar surface area (TPSA) is 78.9 Å². The molecule has 1 atom stereocenters. The Hall–Kier alpha value is -2.89. The van der Waals surface area contributed by atoms with Crippen LogP contribution in [-0.4, -0.2) is 37.2 Å². The van der Waals surface area contributed by atoms with Crippen LogP contribution in [0.1, 0.15) is 335 Å². The molecular formula is C68H122O6. The summed E-state index contributed by atoms with van der Waals surface area (Å²) in [5.74, 6) is -0.856. The third-order valence-electron chi connectivity index (χ3n) is 14.3. The van der Waals surface area contributed by atoms with Crippen molar-refractivity contribution >= 4 is 17.9 Å². The quantitative estimate of drug-likeness (QED) is 0.0261. The van der Waals surface area contributed by atoms with Crippen LogP contribution in [0.25, 0.3) is 0 Å². The highest BCUT2D eigenvalue weighted by atomic mass is 16.6. The summed E-state index contributed by atoms with van der Waals surface area (Å²) in [6.07, 6.45) is 79.8. The number of carbonyl (C=O) groups is 3. The first-order valence-electron chi connectivity index (χ1n) is 32.3. The van der Waals surface area contributed by atoms with E-state index in [0.717, 1.165) is 89.9 Å². The molecule has 0 aromatic heterocycles. The minimum Gasteiger partial charge on any atom is -0.462 e. The molecule has 0 aliphatic rings. The molecule has 6 heteroatoms. The zero-order valence-corrected chi connectivity index (χ0v) is 49.4. The maximum absolute atomic E-state index is 12.8. The molecule has 74 heavy (non-hydrogen) atoms. The van der Waals surface area contributed by atoms with Gasteiger partial charge in [0.25, 0.3) is 0 Å². The number of hydrogen-bond acceptors (Lipinski definition) is 6. The third-order valence-corrected chi connectivity index (χ3v) is 14.3. The van der Waals surface area contributed by atoms with Crippen LogP contribution < -0.4 is 0 Å². The molecule has 6 nitrogen and oxygen atoms in total. The second-order valence-electron chi connectivity index (χ2n) is 21.7. The standard InChI is InChI=1S/C68H122O6/c1-4-7-10-13-16-18-20-22-24-26-28-29-30-31-32-33-34-35-36-37-38-39-40-42-43-45-47-49-52-55-58-61-67(70)73-64-65(63-72-66(69)60-57-54-51-15-12-9-6-3)74-68(71)62-59-56-53-50-48-46-44-41-27-25-23-21-19-17-14-11-8-5-2/h7,10,16,18,22,24,28-29,31-32,65H,4-6,8-9,11-15,17,19-21,23,25-27,30,33-64H2,1-3H3/b10-7-,18-16-,24-22-,29-28-,32-31-. The lowest BCUT2D eigenvalue weighted by Gasteiger charge is -2.18. The second-order valence-corrected chi connectivity index (χ2v) is 21.7. The van der Waals surface area contributed by atoms with Gasteiger partial charge in [0.2, 0.25) is 0 Å².